The van der Waals surface area contributed by atoms with E-state index in [9.17, 15) is 17.3 Å². The quantitative estimate of drug-likeness (QED) is 0.129. The second-order valence-corrected chi connectivity index (χ2v) is 8.86. The van der Waals surface area contributed by atoms with E-state index in [4.69, 9.17) is 9.47 Å². The maximum Gasteiger partial charge on any atom is 0.673 e. The maximum absolute atomic E-state index is 9.75. The molecule has 2 nitrogen and oxygen atoms in total. The molecule has 0 aliphatic heterocycles. The predicted molar refractivity (Wildman–Crippen MR) is 147 cm³/mol. The minimum Gasteiger partial charge on any atom is -0.490 e. The average molecular weight is 526 g/mol. The Labute approximate surface area is 219 Å². The highest BCUT2D eigenvalue weighted by Crippen LogP contribution is 2.34. The minimum atomic E-state index is -6.00. The molecule has 0 atom stereocenters. The molecule has 0 saturated carbocycles. The van der Waals surface area contributed by atoms with Crippen molar-refractivity contribution in [2.45, 2.75) is 13.8 Å². The normalized spacial score (nSPS) is 11.1. The number of rotatable bonds is 8. The molecule has 4 rings (SSSR count). The van der Waals surface area contributed by atoms with Gasteiger partial charge in [-0.15, -0.1) is 0 Å². The summed E-state index contributed by atoms with van der Waals surface area (Å²) in [6.07, 6.45) is 4.31. The van der Waals surface area contributed by atoms with Gasteiger partial charge in [-0.3, -0.25) is 0 Å². The first kappa shape index (κ1) is 27.9. The van der Waals surface area contributed by atoms with Crippen LogP contribution in [0.2, 0.25) is 0 Å². The van der Waals surface area contributed by atoms with Crippen LogP contribution in [-0.2, 0) is 0 Å². The van der Waals surface area contributed by atoms with Crippen LogP contribution in [0.5, 0.6) is 11.5 Å². The van der Waals surface area contributed by atoms with Crippen LogP contribution in [0.4, 0.5) is 17.3 Å². The van der Waals surface area contributed by atoms with Gasteiger partial charge in [0.1, 0.15) is 0 Å². The summed E-state index contributed by atoms with van der Waals surface area (Å²) in [6.45, 7) is 5.19. The van der Waals surface area contributed by atoms with Crippen molar-refractivity contribution in [3.05, 3.63) is 101 Å². The van der Waals surface area contributed by atoms with Crippen LogP contribution in [0, 0.1) is 0 Å². The van der Waals surface area contributed by atoms with Gasteiger partial charge in [-0.1, -0.05) is 54.6 Å². The average Bonchev–Trinajstić information content (AvgIpc) is 2.89. The van der Waals surface area contributed by atoms with Gasteiger partial charge < -0.3 is 26.7 Å². The van der Waals surface area contributed by atoms with Crippen molar-refractivity contribution in [2.24, 2.45) is 0 Å². The Kier molecular flexibility index (Phi) is 10.3. The van der Waals surface area contributed by atoms with Crippen LogP contribution in [0.3, 0.4) is 0 Å². The van der Waals surface area contributed by atoms with Gasteiger partial charge in [0, 0.05) is 23.8 Å². The van der Waals surface area contributed by atoms with E-state index in [1.165, 1.54) is 26.4 Å². The lowest BCUT2D eigenvalue weighted by Crippen LogP contribution is -2.02. The van der Waals surface area contributed by atoms with Crippen LogP contribution < -0.4 is 9.47 Å². The molecular formula is C29H27BF4O2S. The van der Waals surface area contributed by atoms with Gasteiger partial charge in [0.2, 0.25) is 21.1 Å². The van der Waals surface area contributed by atoms with Crippen LogP contribution in [0.1, 0.15) is 24.3 Å². The van der Waals surface area contributed by atoms with Crippen molar-refractivity contribution >= 4 is 30.7 Å². The first-order valence-corrected chi connectivity index (χ1v) is 12.6. The maximum atomic E-state index is 9.75. The molecule has 0 fully saturated rings. The Bertz CT molecular complexity index is 1230. The van der Waals surface area contributed by atoms with E-state index in [1.54, 1.807) is 11.3 Å². The number of hydrogen-bond acceptors (Lipinski definition) is 2. The van der Waals surface area contributed by atoms with Crippen molar-refractivity contribution in [2.75, 3.05) is 13.2 Å². The highest BCUT2D eigenvalue weighted by molar-refractivity contribution is 7.16. The third-order valence-electron chi connectivity index (χ3n) is 4.99. The Balaban J connectivity index is 0.000000695. The highest BCUT2D eigenvalue weighted by atomic mass is 32.1. The van der Waals surface area contributed by atoms with E-state index >= 15 is 0 Å². The second-order valence-electron chi connectivity index (χ2n) is 7.75. The highest BCUT2D eigenvalue weighted by Gasteiger charge is 2.20. The van der Waals surface area contributed by atoms with Gasteiger partial charge in [0.05, 0.1) is 13.2 Å². The fourth-order valence-corrected chi connectivity index (χ4v) is 4.51. The van der Waals surface area contributed by atoms with Crippen LogP contribution in [0.25, 0.3) is 33.7 Å². The lowest BCUT2D eigenvalue weighted by atomic mass is 10.0. The van der Waals surface area contributed by atoms with Gasteiger partial charge >= 0.3 is 7.25 Å². The minimum absolute atomic E-state index is 0.606. The van der Waals surface area contributed by atoms with E-state index < -0.39 is 7.25 Å². The molecule has 0 amide bonds. The summed E-state index contributed by atoms with van der Waals surface area (Å²) in [4.78, 5) is 2.44. The van der Waals surface area contributed by atoms with E-state index in [-0.39, 0.29) is 0 Å². The predicted octanol–water partition coefficient (Wildman–Crippen LogP) is 9.63. The van der Waals surface area contributed by atoms with Gasteiger partial charge in [0.15, 0.2) is 11.5 Å². The molecule has 0 radical (unpaired) electrons. The lowest BCUT2D eigenvalue weighted by Gasteiger charge is -2.11. The van der Waals surface area contributed by atoms with Gasteiger partial charge in [-0.25, -0.2) is 0 Å². The van der Waals surface area contributed by atoms with Crippen molar-refractivity contribution in [3.8, 4) is 33.1 Å². The van der Waals surface area contributed by atoms with Gasteiger partial charge in [-0.05, 0) is 60.9 Å². The Hall–Kier alpha value is -3.65. The number of ether oxygens (including phenoxy) is 2. The van der Waals surface area contributed by atoms with Crippen LogP contribution in [-0.4, -0.2) is 20.5 Å². The van der Waals surface area contributed by atoms with E-state index in [2.05, 4.69) is 91.0 Å². The fourth-order valence-electron chi connectivity index (χ4n) is 3.50. The van der Waals surface area contributed by atoms with E-state index in [0.29, 0.717) is 13.2 Å². The zero-order valence-electron chi connectivity index (χ0n) is 20.5. The van der Waals surface area contributed by atoms with Gasteiger partial charge in [0.25, 0.3) is 0 Å². The SMILES string of the molecule is CCOc1ccc(C=Cc2cc(-c3ccccc3)cc(-c3ccccc3)[s+]2)cc1OCC.F[B-](F)(F)F. The zero-order valence-corrected chi connectivity index (χ0v) is 21.4. The molecule has 1 aromatic heterocycles. The van der Waals surface area contributed by atoms with Crippen LogP contribution in [0.15, 0.2) is 91.0 Å². The summed E-state index contributed by atoms with van der Waals surface area (Å²) in [5, 5.41) is 0. The Morgan fingerprint density at radius 1 is 0.649 bits per heavy atom. The first-order chi connectivity index (χ1) is 17.8. The summed E-state index contributed by atoms with van der Waals surface area (Å²) >= 11 is 1.79. The Morgan fingerprint density at radius 2 is 1.22 bits per heavy atom. The van der Waals surface area contributed by atoms with E-state index in [0.717, 1.165) is 17.1 Å². The molecule has 1 heterocycles. The third kappa shape index (κ3) is 9.39. The smallest absolute Gasteiger partial charge is 0.490 e. The molecule has 0 bridgehead atoms. The van der Waals surface area contributed by atoms with E-state index in [1.807, 2.05) is 26.0 Å². The number of hydrogen-bond donors (Lipinski definition) is 0. The number of benzene rings is 3. The topological polar surface area (TPSA) is 18.5 Å². The molecule has 0 saturated heterocycles. The summed E-state index contributed by atoms with van der Waals surface area (Å²) in [5.74, 6) is 1.56. The summed E-state index contributed by atoms with van der Waals surface area (Å²) in [5.41, 5.74) is 4.73. The lowest BCUT2D eigenvalue weighted by molar-refractivity contribution is 0.287. The molecule has 0 aliphatic rings. The van der Waals surface area contributed by atoms with Gasteiger partial charge in [-0.2, -0.15) is 0 Å². The molecule has 0 aliphatic carbocycles. The molecular weight excluding hydrogens is 499 g/mol. The summed E-state index contributed by atoms with van der Waals surface area (Å²) in [6, 6.07) is 31.7. The third-order valence-corrected chi connectivity index (χ3v) is 6.05. The molecule has 0 spiro atoms. The molecule has 0 unspecified atom stereocenters. The molecule has 37 heavy (non-hydrogen) atoms. The molecule has 4 aromatic rings. The van der Waals surface area contributed by atoms with Crippen LogP contribution >= 0.6 is 11.3 Å². The van der Waals surface area contributed by atoms with Crippen molar-refractivity contribution in [1.82, 2.24) is 0 Å². The number of halogens is 4. The van der Waals surface area contributed by atoms with Crippen molar-refractivity contribution in [3.63, 3.8) is 0 Å². The molecule has 192 valence electrons. The summed E-state index contributed by atoms with van der Waals surface area (Å²) in [7, 11) is -6.00. The second kappa shape index (κ2) is 13.6. The first-order valence-electron chi connectivity index (χ1n) is 11.8. The zero-order chi connectivity index (χ0) is 26.7. The Morgan fingerprint density at radius 3 is 1.81 bits per heavy atom. The van der Waals surface area contributed by atoms with Crippen molar-refractivity contribution in [1.29, 1.82) is 0 Å². The fraction of sp³-hybridized carbons (Fsp3) is 0.138. The monoisotopic (exact) mass is 526 g/mol. The summed E-state index contributed by atoms with van der Waals surface area (Å²) < 4.78 is 50.5. The molecule has 3 aromatic carbocycles. The molecule has 8 heteroatoms. The molecule has 0 N–H and O–H groups in total. The van der Waals surface area contributed by atoms with Crippen molar-refractivity contribution < 1.29 is 26.7 Å². The standard InChI is InChI=1S/C29H27O2S.BF4/c1-3-30-27-18-16-22(19-28(27)31-4-2)15-17-26-20-25(23-11-7-5-8-12-23)21-29(32-26)24-13-9-6-10-14-24;2-1(3,4)5/h5-21H,3-4H2,1-2H3;/q+1;-1. The largest absolute Gasteiger partial charge is 0.673 e.